The van der Waals surface area contributed by atoms with E-state index >= 15 is 0 Å². The molecule has 0 N–H and O–H groups in total. The van der Waals surface area contributed by atoms with E-state index in [1.807, 2.05) is 48.5 Å². The Hall–Kier alpha value is -1.95. The van der Waals surface area contributed by atoms with Crippen LogP contribution in [-0.4, -0.2) is 11.9 Å². The van der Waals surface area contributed by atoms with Gasteiger partial charge >= 0.3 is 5.97 Å². The van der Waals surface area contributed by atoms with E-state index in [9.17, 15) is 4.79 Å². The SMILES string of the molecule is CC(C)(C)c1ccc(C2=NC(=Cc3ccc(I)cc3)C(=O)O2)cc1. The highest BCUT2D eigenvalue weighted by atomic mass is 127. The molecular formula is C20H18INO2. The van der Waals surface area contributed by atoms with Crippen molar-refractivity contribution in [3.8, 4) is 0 Å². The van der Waals surface area contributed by atoms with E-state index in [-0.39, 0.29) is 5.41 Å². The summed E-state index contributed by atoms with van der Waals surface area (Å²) in [5, 5.41) is 0. The molecule has 24 heavy (non-hydrogen) atoms. The molecule has 0 aliphatic carbocycles. The number of aliphatic imine (C=N–C) groups is 1. The van der Waals surface area contributed by atoms with Crippen molar-refractivity contribution in [3.05, 3.63) is 74.5 Å². The van der Waals surface area contributed by atoms with Crippen molar-refractivity contribution in [2.75, 3.05) is 0 Å². The summed E-state index contributed by atoms with van der Waals surface area (Å²) in [7, 11) is 0. The maximum absolute atomic E-state index is 12.0. The minimum atomic E-state index is -0.413. The summed E-state index contributed by atoms with van der Waals surface area (Å²) in [5.41, 5.74) is 3.37. The highest BCUT2D eigenvalue weighted by molar-refractivity contribution is 14.1. The second-order valence-corrected chi connectivity index (χ2v) is 7.96. The predicted octanol–water partition coefficient (Wildman–Crippen LogP) is 4.93. The summed E-state index contributed by atoms with van der Waals surface area (Å²) in [6.07, 6.45) is 1.74. The number of esters is 1. The Balaban J connectivity index is 1.87. The third-order valence-electron chi connectivity index (χ3n) is 3.79. The quantitative estimate of drug-likeness (QED) is 0.384. The van der Waals surface area contributed by atoms with Gasteiger partial charge in [0.15, 0.2) is 5.70 Å². The van der Waals surface area contributed by atoms with Gasteiger partial charge in [0.25, 0.3) is 0 Å². The van der Waals surface area contributed by atoms with Gasteiger partial charge in [0, 0.05) is 9.13 Å². The first kappa shape index (κ1) is 16.9. The van der Waals surface area contributed by atoms with Gasteiger partial charge in [-0.15, -0.1) is 0 Å². The zero-order valence-corrected chi connectivity index (χ0v) is 16.0. The summed E-state index contributed by atoms with van der Waals surface area (Å²) in [6, 6.07) is 15.9. The number of cyclic esters (lactones) is 1. The monoisotopic (exact) mass is 431 g/mol. The van der Waals surface area contributed by atoms with Crippen LogP contribution in [-0.2, 0) is 14.9 Å². The van der Waals surface area contributed by atoms with Crippen LogP contribution in [0.25, 0.3) is 6.08 Å². The Morgan fingerprint density at radius 2 is 1.62 bits per heavy atom. The van der Waals surface area contributed by atoms with Crippen LogP contribution in [0.1, 0.15) is 37.5 Å². The first-order valence-electron chi connectivity index (χ1n) is 7.72. The van der Waals surface area contributed by atoms with Crippen molar-refractivity contribution < 1.29 is 9.53 Å². The van der Waals surface area contributed by atoms with E-state index in [0.29, 0.717) is 11.6 Å². The Morgan fingerprint density at radius 3 is 2.21 bits per heavy atom. The van der Waals surface area contributed by atoms with Gasteiger partial charge in [0.2, 0.25) is 5.90 Å². The lowest BCUT2D eigenvalue weighted by Gasteiger charge is -2.18. The maximum atomic E-state index is 12.0. The molecule has 4 heteroatoms. The molecule has 0 aromatic heterocycles. The smallest absolute Gasteiger partial charge is 0.363 e. The van der Waals surface area contributed by atoms with Crippen LogP contribution in [0.5, 0.6) is 0 Å². The molecule has 2 aromatic carbocycles. The zero-order valence-electron chi connectivity index (χ0n) is 13.8. The number of benzene rings is 2. The Morgan fingerprint density at radius 1 is 1.00 bits per heavy atom. The minimum absolute atomic E-state index is 0.0859. The lowest BCUT2D eigenvalue weighted by Crippen LogP contribution is -2.11. The molecule has 0 radical (unpaired) electrons. The van der Waals surface area contributed by atoms with Crippen LogP contribution in [0.2, 0.25) is 0 Å². The normalized spacial score (nSPS) is 16.2. The molecule has 1 heterocycles. The van der Waals surface area contributed by atoms with Gasteiger partial charge in [-0.25, -0.2) is 9.79 Å². The number of hydrogen-bond donors (Lipinski definition) is 0. The first-order chi connectivity index (χ1) is 11.3. The zero-order chi connectivity index (χ0) is 17.3. The molecule has 122 valence electrons. The summed E-state index contributed by atoms with van der Waals surface area (Å²) >= 11 is 2.24. The Kier molecular flexibility index (Phi) is 4.58. The van der Waals surface area contributed by atoms with Crippen molar-refractivity contribution in [1.82, 2.24) is 0 Å². The molecule has 0 atom stereocenters. The van der Waals surface area contributed by atoms with E-state index < -0.39 is 5.97 Å². The van der Waals surface area contributed by atoms with E-state index in [4.69, 9.17) is 4.74 Å². The van der Waals surface area contributed by atoms with Crippen molar-refractivity contribution >= 4 is 40.5 Å². The van der Waals surface area contributed by atoms with Crippen LogP contribution >= 0.6 is 22.6 Å². The number of carbonyl (C=O) groups excluding carboxylic acids is 1. The van der Waals surface area contributed by atoms with Crippen molar-refractivity contribution in [2.24, 2.45) is 4.99 Å². The third kappa shape index (κ3) is 3.75. The Bertz CT molecular complexity index is 825. The van der Waals surface area contributed by atoms with E-state index in [0.717, 1.165) is 14.7 Å². The van der Waals surface area contributed by atoms with Crippen molar-refractivity contribution in [3.63, 3.8) is 0 Å². The number of rotatable bonds is 2. The Labute approximate surface area is 155 Å². The van der Waals surface area contributed by atoms with Crippen LogP contribution in [0.4, 0.5) is 0 Å². The van der Waals surface area contributed by atoms with Crippen LogP contribution in [0.3, 0.4) is 0 Å². The molecule has 1 aliphatic heterocycles. The maximum Gasteiger partial charge on any atom is 0.363 e. The molecule has 3 rings (SSSR count). The van der Waals surface area contributed by atoms with E-state index in [1.54, 1.807) is 6.08 Å². The van der Waals surface area contributed by atoms with Gasteiger partial charge < -0.3 is 4.74 Å². The number of hydrogen-bond acceptors (Lipinski definition) is 3. The van der Waals surface area contributed by atoms with Gasteiger partial charge in [0.05, 0.1) is 0 Å². The molecule has 0 spiro atoms. The van der Waals surface area contributed by atoms with Gasteiger partial charge in [-0.1, -0.05) is 45.0 Å². The summed E-state index contributed by atoms with van der Waals surface area (Å²) in [5.74, 6) is -0.0549. The molecule has 0 saturated carbocycles. The molecule has 0 bridgehead atoms. The van der Waals surface area contributed by atoms with Crippen molar-refractivity contribution in [1.29, 1.82) is 0 Å². The van der Waals surface area contributed by atoms with Gasteiger partial charge in [-0.05, 0) is 69.5 Å². The van der Waals surface area contributed by atoms with Crippen LogP contribution in [0.15, 0.2) is 59.2 Å². The molecule has 1 aliphatic rings. The molecule has 2 aromatic rings. The largest absolute Gasteiger partial charge is 0.402 e. The number of ether oxygens (including phenoxy) is 1. The van der Waals surface area contributed by atoms with Crippen LogP contribution < -0.4 is 0 Å². The van der Waals surface area contributed by atoms with E-state index in [1.165, 1.54) is 5.56 Å². The summed E-state index contributed by atoms with van der Waals surface area (Å²) in [6.45, 7) is 6.49. The topological polar surface area (TPSA) is 38.7 Å². The molecule has 0 amide bonds. The average Bonchev–Trinajstić information content (AvgIpc) is 2.90. The predicted molar refractivity (Wildman–Crippen MR) is 105 cm³/mol. The standard InChI is InChI=1S/C20H18INO2/c1-20(2,3)15-8-6-14(7-9-15)18-22-17(19(23)24-18)12-13-4-10-16(21)11-5-13/h4-12H,1-3H3. The van der Waals surface area contributed by atoms with Crippen molar-refractivity contribution in [2.45, 2.75) is 26.2 Å². The molecule has 0 saturated heterocycles. The average molecular weight is 431 g/mol. The lowest BCUT2D eigenvalue weighted by atomic mass is 9.87. The highest BCUT2D eigenvalue weighted by Crippen LogP contribution is 2.24. The third-order valence-corrected chi connectivity index (χ3v) is 4.51. The van der Waals surface area contributed by atoms with Crippen LogP contribution in [0, 0.1) is 3.57 Å². The van der Waals surface area contributed by atoms with Gasteiger partial charge in [-0.2, -0.15) is 0 Å². The fourth-order valence-corrected chi connectivity index (χ4v) is 2.72. The lowest BCUT2D eigenvalue weighted by molar-refractivity contribution is -0.129. The van der Waals surface area contributed by atoms with E-state index in [2.05, 4.69) is 48.4 Å². The first-order valence-corrected chi connectivity index (χ1v) is 8.80. The second-order valence-electron chi connectivity index (χ2n) is 6.71. The molecule has 3 nitrogen and oxygen atoms in total. The number of nitrogens with zero attached hydrogens (tertiary/aromatic N) is 1. The highest BCUT2D eigenvalue weighted by Gasteiger charge is 2.24. The molecule has 0 unspecified atom stereocenters. The minimum Gasteiger partial charge on any atom is -0.402 e. The fraction of sp³-hybridized carbons (Fsp3) is 0.200. The molecule has 0 fully saturated rings. The summed E-state index contributed by atoms with van der Waals surface area (Å²) in [4.78, 5) is 16.4. The summed E-state index contributed by atoms with van der Waals surface area (Å²) < 4.78 is 6.47. The fourth-order valence-electron chi connectivity index (χ4n) is 2.36. The number of carbonyl (C=O) groups is 1. The number of halogens is 1. The second kappa shape index (κ2) is 6.51. The molecular weight excluding hydrogens is 413 g/mol. The van der Waals surface area contributed by atoms with Gasteiger partial charge in [-0.3, -0.25) is 0 Å². The van der Waals surface area contributed by atoms with Gasteiger partial charge in [0.1, 0.15) is 0 Å².